The molecule has 0 aliphatic rings. The molecule has 0 N–H and O–H groups in total. The van der Waals surface area contributed by atoms with Gasteiger partial charge in [0, 0.05) is 19.0 Å². The maximum atomic E-state index is 12.1. The summed E-state index contributed by atoms with van der Waals surface area (Å²) in [6.07, 6.45) is 8.60. The quantitative estimate of drug-likeness (QED) is 0.553. The Balaban J connectivity index is 3.72. The second-order valence-electron chi connectivity index (χ2n) is 5.73. The van der Waals surface area contributed by atoms with Gasteiger partial charge in [-0.3, -0.25) is 4.79 Å². The number of nitrogens with zero attached hydrogens (tertiary/aromatic N) is 1. The van der Waals surface area contributed by atoms with Crippen LogP contribution in [0.15, 0.2) is 0 Å². The van der Waals surface area contributed by atoms with Crippen LogP contribution in [-0.2, 0) is 4.79 Å². The van der Waals surface area contributed by atoms with Crippen molar-refractivity contribution in [3.63, 3.8) is 0 Å². The molecule has 0 spiro atoms. The molecule has 0 aromatic rings. The zero-order valence-electron chi connectivity index (χ0n) is 12.5. The number of amides is 1. The minimum atomic E-state index is -0.197. The second kappa shape index (κ2) is 8.54. The van der Waals surface area contributed by atoms with Gasteiger partial charge in [-0.15, -0.1) is 0 Å². The van der Waals surface area contributed by atoms with Crippen LogP contribution in [0.4, 0.5) is 0 Å². The summed E-state index contributed by atoms with van der Waals surface area (Å²) in [5.74, 6) is 0.286. The Kier molecular flexibility index (Phi) is 8.28. The summed E-state index contributed by atoms with van der Waals surface area (Å²) in [6, 6.07) is 0. The molecule has 0 aliphatic carbocycles. The highest BCUT2D eigenvalue weighted by Crippen LogP contribution is 2.22. The zero-order chi connectivity index (χ0) is 13.3. The summed E-state index contributed by atoms with van der Waals surface area (Å²) in [5.41, 5.74) is -0.197. The molecule has 0 aromatic heterocycles. The fraction of sp³-hybridized carbons (Fsp3) is 0.933. The van der Waals surface area contributed by atoms with E-state index in [-0.39, 0.29) is 11.3 Å². The Labute approximate surface area is 108 Å². The standard InChI is InChI=1S/C15H31NO/c1-6-8-9-10-11-12-13-16(5)14(17)15(3,4)7-2/h6-13H2,1-5H3. The predicted octanol–water partition coefficient (Wildman–Crippen LogP) is 4.24. The largest absolute Gasteiger partial charge is 0.345 e. The van der Waals surface area contributed by atoms with E-state index in [1.807, 2.05) is 25.8 Å². The van der Waals surface area contributed by atoms with Crippen molar-refractivity contribution < 1.29 is 4.79 Å². The highest BCUT2D eigenvalue weighted by atomic mass is 16.2. The maximum Gasteiger partial charge on any atom is 0.227 e. The zero-order valence-corrected chi connectivity index (χ0v) is 12.5. The number of hydrogen-bond acceptors (Lipinski definition) is 1. The summed E-state index contributed by atoms with van der Waals surface area (Å²) in [4.78, 5) is 14.0. The fourth-order valence-electron chi connectivity index (χ4n) is 1.90. The van der Waals surface area contributed by atoms with Gasteiger partial charge < -0.3 is 4.90 Å². The van der Waals surface area contributed by atoms with Crippen LogP contribution in [0.25, 0.3) is 0 Å². The third kappa shape index (κ3) is 6.70. The lowest BCUT2D eigenvalue weighted by molar-refractivity contribution is -0.139. The normalized spacial score (nSPS) is 11.6. The minimum Gasteiger partial charge on any atom is -0.345 e. The van der Waals surface area contributed by atoms with Crippen LogP contribution in [0.3, 0.4) is 0 Å². The van der Waals surface area contributed by atoms with Crippen LogP contribution >= 0.6 is 0 Å². The first-order valence-electron chi connectivity index (χ1n) is 7.21. The average molecular weight is 241 g/mol. The van der Waals surface area contributed by atoms with Gasteiger partial charge in [-0.2, -0.15) is 0 Å². The number of carbonyl (C=O) groups excluding carboxylic acids is 1. The van der Waals surface area contributed by atoms with Gasteiger partial charge in [0.1, 0.15) is 0 Å². The van der Waals surface area contributed by atoms with E-state index in [1.165, 1.54) is 32.1 Å². The number of rotatable bonds is 9. The SMILES string of the molecule is CCCCCCCCN(C)C(=O)C(C)(C)CC. The van der Waals surface area contributed by atoms with Gasteiger partial charge >= 0.3 is 0 Å². The molecule has 102 valence electrons. The third-order valence-electron chi connectivity index (χ3n) is 3.66. The van der Waals surface area contributed by atoms with E-state index in [2.05, 4.69) is 13.8 Å². The van der Waals surface area contributed by atoms with Crippen LogP contribution in [0, 0.1) is 5.41 Å². The van der Waals surface area contributed by atoms with Crippen molar-refractivity contribution in [3.05, 3.63) is 0 Å². The van der Waals surface area contributed by atoms with Crippen molar-refractivity contribution in [1.29, 1.82) is 0 Å². The van der Waals surface area contributed by atoms with Crippen molar-refractivity contribution >= 4 is 5.91 Å². The van der Waals surface area contributed by atoms with Crippen LogP contribution in [0.2, 0.25) is 0 Å². The fourth-order valence-corrected chi connectivity index (χ4v) is 1.90. The van der Waals surface area contributed by atoms with Crippen LogP contribution in [-0.4, -0.2) is 24.4 Å². The van der Waals surface area contributed by atoms with E-state index in [9.17, 15) is 4.79 Å². The molecule has 17 heavy (non-hydrogen) atoms. The van der Waals surface area contributed by atoms with Gasteiger partial charge in [0.2, 0.25) is 5.91 Å². The van der Waals surface area contributed by atoms with E-state index >= 15 is 0 Å². The molecule has 0 rings (SSSR count). The van der Waals surface area contributed by atoms with E-state index in [4.69, 9.17) is 0 Å². The van der Waals surface area contributed by atoms with E-state index in [1.54, 1.807) is 0 Å². The Morgan fingerprint density at radius 3 is 2.06 bits per heavy atom. The lowest BCUT2D eigenvalue weighted by atomic mass is 9.88. The van der Waals surface area contributed by atoms with Crippen LogP contribution in [0.5, 0.6) is 0 Å². The third-order valence-corrected chi connectivity index (χ3v) is 3.66. The number of unbranched alkanes of at least 4 members (excludes halogenated alkanes) is 5. The Morgan fingerprint density at radius 1 is 1.00 bits per heavy atom. The van der Waals surface area contributed by atoms with E-state index in [0.29, 0.717) is 0 Å². The van der Waals surface area contributed by atoms with Gasteiger partial charge in [0.05, 0.1) is 0 Å². The molecule has 0 atom stereocenters. The van der Waals surface area contributed by atoms with Crippen molar-refractivity contribution in [2.75, 3.05) is 13.6 Å². The molecule has 1 amide bonds. The highest BCUT2D eigenvalue weighted by molar-refractivity contribution is 5.81. The molecule has 2 nitrogen and oxygen atoms in total. The first-order valence-corrected chi connectivity index (χ1v) is 7.21. The molecular formula is C15H31NO. The predicted molar refractivity (Wildman–Crippen MR) is 75.1 cm³/mol. The van der Waals surface area contributed by atoms with E-state index < -0.39 is 0 Å². The Bertz CT molecular complexity index is 211. The molecule has 0 aliphatic heterocycles. The number of hydrogen-bond donors (Lipinski definition) is 0. The van der Waals surface area contributed by atoms with Crippen LogP contribution in [0.1, 0.15) is 72.6 Å². The lowest BCUT2D eigenvalue weighted by Gasteiger charge is -2.28. The maximum absolute atomic E-state index is 12.1. The molecule has 0 bridgehead atoms. The molecule has 0 radical (unpaired) electrons. The monoisotopic (exact) mass is 241 g/mol. The molecule has 0 aromatic carbocycles. The first kappa shape index (κ1) is 16.5. The van der Waals surface area contributed by atoms with Gasteiger partial charge in [0.25, 0.3) is 0 Å². The topological polar surface area (TPSA) is 20.3 Å². The van der Waals surface area contributed by atoms with Gasteiger partial charge in [-0.25, -0.2) is 0 Å². The summed E-state index contributed by atoms with van der Waals surface area (Å²) in [5, 5.41) is 0. The van der Waals surface area contributed by atoms with Gasteiger partial charge in [0.15, 0.2) is 0 Å². The molecule has 0 saturated heterocycles. The molecule has 0 heterocycles. The summed E-state index contributed by atoms with van der Waals surface area (Å²) >= 11 is 0. The average Bonchev–Trinajstić information content (AvgIpc) is 2.32. The van der Waals surface area contributed by atoms with Crippen molar-refractivity contribution in [2.24, 2.45) is 5.41 Å². The lowest BCUT2D eigenvalue weighted by Crippen LogP contribution is -2.38. The number of carbonyl (C=O) groups is 1. The summed E-state index contributed by atoms with van der Waals surface area (Å²) in [6.45, 7) is 9.30. The van der Waals surface area contributed by atoms with Crippen molar-refractivity contribution in [3.8, 4) is 0 Å². The Morgan fingerprint density at radius 2 is 1.53 bits per heavy atom. The molecule has 2 heteroatoms. The smallest absolute Gasteiger partial charge is 0.227 e. The minimum absolute atomic E-state index is 0.197. The summed E-state index contributed by atoms with van der Waals surface area (Å²) < 4.78 is 0. The molecule has 0 saturated carbocycles. The van der Waals surface area contributed by atoms with Gasteiger partial charge in [-0.1, -0.05) is 59.8 Å². The van der Waals surface area contributed by atoms with Crippen LogP contribution < -0.4 is 0 Å². The summed E-state index contributed by atoms with van der Waals surface area (Å²) in [7, 11) is 1.94. The Hall–Kier alpha value is -0.530. The molecule has 0 fully saturated rings. The highest BCUT2D eigenvalue weighted by Gasteiger charge is 2.27. The van der Waals surface area contributed by atoms with Crippen molar-refractivity contribution in [1.82, 2.24) is 4.90 Å². The molecule has 0 unspecified atom stereocenters. The van der Waals surface area contributed by atoms with Crippen molar-refractivity contribution in [2.45, 2.75) is 72.6 Å². The van der Waals surface area contributed by atoms with E-state index in [0.717, 1.165) is 19.4 Å². The molecular weight excluding hydrogens is 210 g/mol. The van der Waals surface area contributed by atoms with Gasteiger partial charge in [-0.05, 0) is 12.8 Å². The second-order valence-corrected chi connectivity index (χ2v) is 5.73. The first-order chi connectivity index (χ1) is 7.95.